The predicted molar refractivity (Wildman–Crippen MR) is 149 cm³/mol. The summed E-state index contributed by atoms with van der Waals surface area (Å²) in [7, 11) is -2.13. The van der Waals surface area contributed by atoms with Crippen LogP contribution in [-0.2, 0) is 0 Å². The van der Waals surface area contributed by atoms with Gasteiger partial charge < -0.3 is 14.7 Å². The summed E-state index contributed by atoms with van der Waals surface area (Å²) in [5.41, 5.74) is 0. The SMILES string of the molecule is C=C(C)[Si](N1CCN(CCCC)CC1)(N1CCN(CCCC)CC1)N1CCN(CCCC)CC1. The number of allylic oxidation sites excluding steroid dienone is 1. The lowest BCUT2D eigenvalue weighted by atomic mass is 10.3. The molecule has 7 heteroatoms. The number of piperazine rings is 3. The van der Waals surface area contributed by atoms with E-state index >= 15 is 0 Å². The van der Waals surface area contributed by atoms with Crippen molar-refractivity contribution in [3.63, 3.8) is 0 Å². The van der Waals surface area contributed by atoms with E-state index in [-0.39, 0.29) is 0 Å². The molecule has 0 spiro atoms. The average molecular weight is 493 g/mol. The highest BCUT2D eigenvalue weighted by Crippen LogP contribution is 2.31. The second kappa shape index (κ2) is 14.5. The first-order valence-electron chi connectivity index (χ1n) is 14.6. The Morgan fingerprint density at radius 1 is 0.529 bits per heavy atom. The maximum Gasteiger partial charge on any atom is 0.318 e. The second-order valence-corrected chi connectivity index (χ2v) is 15.0. The van der Waals surface area contributed by atoms with Crippen LogP contribution in [-0.4, -0.2) is 135 Å². The lowest BCUT2D eigenvalue weighted by Crippen LogP contribution is -2.81. The minimum atomic E-state index is -2.13. The van der Waals surface area contributed by atoms with Gasteiger partial charge in [0.05, 0.1) is 0 Å². The lowest BCUT2D eigenvalue weighted by Gasteiger charge is -2.59. The molecule has 0 aliphatic carbocycles. The molecule has 34 heavy (non-hydrogen) atoms. The summed E-state index contributed by atoms with van der Waals surface area (Å²) >= 11 is 0. The Hall–Kier alpha value is -0.283. The largest absolute Gasteiger partial charge is 0.318 e. The summed E-state index contributed by atoms with van der Waals surface area (Å²) in [6.07, 6.45) is 7.91. The third-order valence-corrected chi connectivity index (χ3v) is 13.6. The molecule has 3 aliphatic rings. The van der Waals surface area contributed by atoms with Crippen LogP contribution in [0.3, 0.4) is 0 Å². The molecule has 0 N–H and O–H groups in total. The Morgan fingerprint density at radius 2 is 0.794 bits per heavy atom. The summed E-state index contributed by atoms with van der Waals surface area (Å²) in [5.74, 6) is 0. The van der Waals surface area contributed by atoms with Crippen molar-refractivity contribution in [2.24, 2.45) is 0 Å². The van der Waals surface area contributed by atoms with Crippen molar-refractivity contribution in [2.45, 2.75) is 66.2 Å². The molecule has 198 valence electrons. The maximum absolute atomic E-state index is 4.76. The molecule has 0 bridgehead atoms. The first kappa shape index (κ1) is 28.3. The molecule has 0 aromatic rings. The van der Waals surface area contributed by atoms with Crippen molar-refractivity contribution in [1.29, 1.82) is 0 Å². The van der Waals surface area contributed by atoms with Crippen molar-refractivity contribution in [2.75, 3.05) is 98.2 Å². The highest BCUT2D eigenvalue weighted by molar-refractivity contribution is 6.78. The third kappa shape index (κ3) is 6.93. The summed E-state index contributed by atoms with van der Waals surface area (Å²) in [6.45, 7) is 32.6. The molecule has 0 saturated carbocycles. The molecular formula is C27H56N6Si. The number of nitrogens with zero attached hydrogens (tertiary/aromatic N) is 6. The molecule has 3 rings (SSSR count). The van der Waals surface area contributed by atoms with Gasteiger partial charge in [-0.15, -0.1) is 6.58 Å². The number of hydrogen-bond donors (Lipinski definition) is 0. The van der Waals surface area contributed by atoms with Crippen LogP contribution in [0.4, 0.5) is 0 Å². The van der Waals surface area contributed by atoms with Gasteiger partial charge in [-0.25, -0.2) is 0 Å². The van der Waals surface area contributed by atoms with Gasteiger partial charge in [0, 0.05) is 78.5 Å². The van der Waals surface area contributed by atoms with Gasteiger partial charge in [0.1, 0.15) is 0 Å². The van der Waals surface area contributed by atoms with Gasteiger partial charge in [0.15, 0.2) is 0 Å². The van der Waals surface area contributed by atoms with Gasteiger partial charge >= 0.3 is 8.56 Å². The van der Waals surface area contributed by atoms with Gasteiger partial charge in [-0.3, -0.25) is 13.7 Å². The highest BCUT2D eigenvalue weighted by atomic mass is 28.4. The highest BCUT2D eigenvalue weighted by Gasteiger charge is 2.53. The normalized spacial score (nSPS) is 23.5. The molecule has 3 saturated heterocycles. The van der Waals surface area contributed by atoms with E-state index in [0.29, 0.717) is 0 Å². The number of rotatable bonds is 13. The van der Waals surface area contributed by atoms with Crippen molar-refractivity contribution >= 4 is 8.56 Å². The van der Waals surface area contributed by atoms with Crippen LogP contribution < -0.4 is 0 Å². The second-order valence-electron chi connectivity index (χ2n) is 11.0. The number of unbranched alkanes of at least 4 members (excludes halogenated alkanes) is 3. The number of hydrogen-bond acceptors (Lipinski definition) is 6. The molecule has 6 nitrogen and oxygen atoms in total. The minimum absolute atomic E-state index is 1.22. The van der Waals surface area contributed by atoms with E-state index in [2.05, 4.69) is 56.1 Å². The lowest BCUT2D eigenvalue weighted by molar-refractivity contribution is 0.105. The van der Waals surface area contributed by atoms with E-state index in [1.807, 2.05) is 0 Å². The van der Waals surface area contributed by atoms with Crippen LogP contribution in [0.5, 0.6) is 0 Å². The summed E-state index contributed by atoms with van der Waals surface area (Å²) < 4.78 is 8.88. The van der Waals surface area contributed by atoms with E-state index < -0.39 is 8.56 Å². The summed E-state index contributed by atoms with van der Waals surface area (Å²) in [5, 5.41) is 1.47. The first-order chi connectivity index (χ1) is 16.6. The fourth-order valence-corrected chi connectivity index (χ4v) is 11.7. The monoisotopic (exact) mass is 492 g/mol. The first-order valence-corrected chi connectivity index (χ1v) is 16.5. The Balaban J connectivity index is 1.76. The van der Waals surface area contributed by atoms with Gasteiger partial charge in [0.25, 0.3) is 0 Å². The Labute approximate surface area is 213 Å². The smallest absolute Gasteiger partial charge is 0.301 e. The Morgan fingerprint density at radius 3 is 1.00 bits per heavy atom. The van der Waals surface area contributed by atoms with E-state index in [1.54, 1.807) is 0 Å². The van der Waals surface area contributed by atoms with Crippen molar-refractivity contribution < 1.29 is 0 Å². The molecule has 0 amide bonds. The zero-order valence-electron chi connectivity index (χ0n) is 23.2. The van der Waals surface area contributed by atoms with Gasteiger partial charge in [-0.2, -0.15) is 0 Å². The maximum atomic E-state index is 4.76. The van der Waals surface area contributed by atoms with E-state index in [0.717, 1.165) is 0 Å². The van der Waals surface area contributed by atoms with Gasteiger partial charge in [-0.1, -0.05) is 40.0 Å². The standard InChI is InChI=1S/C27H56N6Si/c1-6-9-12-28-15-21-31(22-16-28)34(27(4)5,32-23-17-29(18-24-32)13-10-7-2)33-25-19-30(20-26-33)14-11-8-3/h4,6-26H2,1-3,5H3. The van der Waals surface area contributed by atoms with Crippen molar-refractivity contribution in [3.8, 4) is 0 Å². The quantitative estimate of drug-likeness (QED) is 0.365. The minimum Gasteiger partial charge on any atom is -0.301 e. The van der Waals surface area contributed by atoms with Crippen LogP contribution in [0.25, 0.3) is 0 Å². The van der Waals surface area contributed by atoms with Crippen molar-refractivity contribution in [3.05, 3.63) is 11.8 Å². The molecule has 0 atom stereocenters. The molecule has 3 aliphatic heterocycles. The van der Waals surface area contributed by atoms with E-state index in [9.17, 15) is 0 Å². The van der Waals surface area contributed by atoms with Crippen LogP contribution in [0.1, 0.15) is 66.2 Å². The molecule has 0 radical (unpaired) electrons. The topological polar surface area (TPSA) is 19.4 Å². The van der Waals surface area contributed by atoms with Crippen LogP contribution >= 0.6 is 0 Å². The molecule has 0 aromatic carbocycles. The Bertz CT molecular complexity index is 508. The van der Waals surface area contributed by atoms with Crippen LogP contribution in [0.2, 0.25) is 0 Å². The van der Waals surface area contributed by atoms with E-state index in [1.165, 1.54) is 142 Å². The molecule has 3 fully saturated rings. The zero-order valence-corrected chi connectivity index (χ0v) is 24.2. The van der Waals surface area contributed by atoms with Gasteiger partial charge in [-0.05, 0) is 51.0 Å². The molecule has 0 unspecified atom stereocenters. The summed E-state index contributed by atoms with van der Waals surface area (Å²) in [4.78, 5) is 8.13. The predicted octanol–water partition coefficient (Wildman–Crippen LogP) is 3.29. The molecular weight excluding hydrogens is 436 g/mol. The molecule has 0 aromatic heterocycles. The van der Waals surface area contributed by atoms with E-state index in [4.69, 9.17) is 6.58 Å². The van der Waals surface area contributed by atoms with Gasteiger partial charge in [0.2, 0.25) is 0 Å². The van der Waals surface area contributed by atoms with Crippen LogP contribution in [0, 0.1) is 0 Å². The fourth-order valence-electron chi connectivity index (χ4n) is 6.40. The average Bonchev–Trinajstić information content (AvgIpc) is 2.87. The van der Waals surface area contributed by atoms with Crippen LogP contribution in [0.15, 0.2) is 11.8 Å². The molecule has 3 heterocycles. The fraction of sp³-hybridized carbons (Fsp3) is 0.926. The zero-order chi connectivity index (χ0) is 24.4. The third-order valence-electron chi connectivity index (χ3n) is 8.50. The van der Waals surface area contributed by atoms with Crippen molar-refractivity contribution in [1.82, 2.24) is 28.4 Å². The summed E-state index contributed by atoms with van der Waals surface area (Å²) in [6, 6.07) is 0. The Kier molecular flexibility index (Phi) is 12.0.